The quantitative estimate of drug-likeness (QED) is 0.863. The van der Waals surface area contributed by atoms with Crippen molar-refractivity contribution in [2.24, 2.45) is 5.92 Å². The highest BCUT2D eigenvalue weighted by Gasteiger charge is 2.30. The van der Waals surface area contributed by atoms with E-state index in [-0.39, 0.29) is 23.2 Å². The lowest BCUT2D eigenvalue weighted by molar-refractivity contribution is 0.0650. The van der Waals surface area contributed by atoms with Crippen molar-refractivity contribution in [1.29, 1.82) is 0 Å². The van der Waals surface area contributed by atoms with Gasteiger partial charge < -0.3 is 10.6 Å². The summed E-state index contributed by atoms with van der Waals surface area (Å²) in [5.41, 5.74) is 4.84. The molecule has 1 fully saturated rings. The van der Waals surface area contributed by atoms with Gasteiger partial charge in [0.05, 0.1) is 11.3 Å². The number of hydrogen-bond acceptors (Lipinski definition) is 2. The summed E-state index contributed by atoms with van der Waals surface area (Å²) in [7, 11) is 0. The number of benzene rings is 1. The first-order valence-corrected chi connectivity index (χ1v) is 7.45. The molecule has 2 rings (SSSR count). The van der Waals surface area contributed by atoms with Crippen LogP contribution in [0.25, 0.3) is 0 Å². The molecule has 0 aliphatic heterocycles. The summed E-state index contributed by atoms with van der Waals surface area (Å²) in [4.78, 5) is 14.3. The predicted octanol–water partition coefficient (Wildman–Crippen LogP) is 3.59. The Kier molecular flexibility index (Phi) is 4.80. The average molecular weight is 296 g/mol. The Morgan fingerprint density at radius 1 is 1.33 bits per heavy atom. The van der Waals surface area contributed by atoms with Crippen molar-refractivity contribution in [3.8, 4) is 0 Å². The van der Waals surface area contributed by atoms with Crippen LogP contribution in [0, 0.1) is 17.6 Å². The first kappa shape index (κ1) is 15.7. The molecular formula is C16H22F2N2O. The van der Waals surface area contributed by atoms with Gasteiger partial charge in [0.2, 0.25) is 0 Å². The fraction of sp³-hybridized carbons (Fsp3) is 0.562. The fourth-order valence-corrected chi connectivity index (χ4v) is 2.93. The third kappa shape index (κ3) is 3.52. The number of carbonyl (C=O) groups is 1. The van der Waals surface area contributed by atoms with E-state index in [1.807, 2.05) is 13.8 Å². The number of rotatable bonds is 4. The number of carbonyl (C=O) groups excluding carboxylic acids is 1. The molecule has 21 heavy (non-hydrogen) atoms. The number of anilines is 1. The van der Waals surface area contributed by atoms with Crippen LogP contribution in [0.15, 0.2) is 12.1 Å². The summed E-state index contributed by atoms with van der Waals surface area (Å²) in [6, 6.07) is 1.95. The van der Waals surface area contributed by atoms with Crippen LogP contribution in [0.4, 0.5) is 14.5 Å². The first-order valence-electron chi connectivity index (χ1n) is 7.45. The molecular weight excluding hydrogens is 274 g/mol. The van der Waals surface area contributed by atoms with Crippen LogP contribution in [0.5, 0.6) is 0 Å². The SMILES string of the molecule is CC(C)CN(C(=O)c1cc(F)cc(N)c1F)C1CCCC1. The summed E-state index contributed by atoms with van der Waals surface area (Å²) < 4.78 is 27.5. The van der Waals surface area contributed by atoms with Crippen LogP contribution in [0.3, 0.4) is 0 Å². The van der Waals surface area contributed by atoms with Gasteiger partial charge in [-0.3, -0.25) is 4.79 Å². The van der Waals surface area contributed by atoms with Crippen molar-refractivity contribution in [2.75, 3.05) is 12.3 Å². The van der Waals surface area contributed by atoms with Gasteiger partial charge in [-0.05, 0) is 30.9 Å². The molecule has 1 amide bonds. The van der Waals surface area contributed by atoms with E-state index in [1.54, 1.807) is 4.90 Å². The van der Waals surface area contributed by atoms with Crippen LogP contribution < -0.4 is 5.73 Å². The summed E-state index contributed by atoms with van der Waals surface area (Å²) in [5.74, 6) is -1.70. The minimum atomic E-state index is -0.826. The van der Waals surface area contributed by atoms with Gasteiger partial charge in [-0.2, -0.15) is 0 Å². The molecule has 0 atom stereocenters. The van der Waals surface area contributed by atoms with Crippen molar-refractivity contribution < 1.29 is 13.6 Å². The lowest BCUT2D eigenvalue weighted by Crippen LogP contribution is -2.41. The summed E-state index contributed by atoms with van der Waals surface area (Å²) in [6.07, 6.45) is 3.98. The lowest BCUT2D eigenvalue weighted by atomic mass is 10.1. The molecule has 0 aromatic heterocycles. The normalized spacial score (nSPS) is 15.7. The molecule has 5 heteroatoms. The third-order valence-electron chi connectivity index (χ3n) is 3.88. The zero-order valence-corrected chi connectivity index (χ0v) is 12.5. The first-order chi connectivity index (χ1) is 9.90. The van der Waals surface area contributed by atoms with Gasteiger partial charge in [0.1, 0.15) is 5.82 Å². The van der Waals surface area contributed by atoms with E-state index in [0.29, 0.717) is 6.54 Å². The number of nitrogens with zero attached hydrogens (tertiary/aromatic N) is 1. The van der Waals surface area contributed by atoms with E-state index in [0.717, 1.165) is 37.8 Å². The molecule has 0 saturated heterocycles. The Balaban J connectivity index is 2.33. The van der Waals surface area contributed by atoms with Gasteiger partial charge in [-0.15, -0.1) is 0 Å². The van der Waals surface area contributed by atoms with Crippen molar-refractivity contribution in [3.63, 3.8) is 0 Å². The summed E-state index contributed by atoms with van der Waals surface area (Å²) in [5, 5.41) is 0. The zero-order chi connectivity index (χ0) is 15.6. The van der Waals surface area contributed by atoms with Crippen LogP contribution in [-0.4, -0.2) is 23.4 Å². The summed E-state index contributed by atoms with van der Waals surface area (Å²) in [6.45, 7) is 4.55. The maximum Gasteiger partial charge on any atom is 0.257 e. The lowest BCUT2D eigenvalue weighted by Gasteiger charge is -2.31. The Bertz CT molecular complexity index is 525. The molecule has 1 saturated carbocycles. The molecule has 0 radical (unpaired) electrons. The van der Waals surface area contributed by atoms with E-state index >= 15 is 0 Å². The molecule has 1 aliphatic rings. The topological polar surface area (TPSA) is 46.3 Å². The van der Waals surface area contributed by atoms with E-state index in [4.69, 9.17) is 5.73 Å². The summed E-state index contributed by atoms with van der Waals surface area (Å²) >= 11 is 0. The van der Waals surface area contributed by atoms with E-state index < -0.39 is 17.5 Å². The number of nitrogens with two attached hydrogens (primary N) is 1. The Morgan fingerprint density at radius 2 is 1.95 bits per heavy atom. The average Bonchev–Trinajstić information content (AvgIpc) is 2.93. The van der Waals surface area contributed by atoms with Gasteiger partial charge in [0, 0.05) is 12.6 Å². The van der Waals surface area contributed by atoms with Gasteiger partial charge in [0.25, 0.3) is 5.91 Å². The van der Waals surface area contributed by atoms with Gasteiger partial charge in [-0.25, -0.2) is 8.78 Å². The largest absolute Gasteiger partial charge is 0.396 e. The molecule has 1 aliphatic carbocycles. The van der Waals surface area contributed by atoms with Crippen LogP contribution in [0.2, 0.25) is 0 Å². The number of halogens is 2. The zero-order valence-electron chi connectivity index (χ0n) is 12.5. The van der Waals surface area contributed by atoms with E-state index in [2.05, 4.69) is 0 Å². The van der Waals surface area contributed by atoms with Crippen molar-refractivity contribution in [3.05, 3.63) is 29.3 Å². The molecule has 0 bridgehead atoms. The highest BCUT2D eigenvalue weighted by atomic mass is 19.1. The number of nitrogen functional groups attached to an aromatic ring is 1. The second-order valence-electron chi connectivity index (χ2n) is 6.15. The fourth-order valence-electron chi connectivity index (χ4n) is 2.93. The van der Waals surface area contributed by atoms with E-state index in [9.17, 15) is 13.6 Å². The maximum absolute atomic E-state index is 14.1. The van der Waals surface area contributed by atoms with Gasteiger partial charge in [0.15, 0.2) is 5.82 Å². The molecule has 0 unspecified atom stereocenters. The van der Waals surface area contributed by atoms with E-state index in [1.165, 1.54) is 0 Å². The molecule has 1 aromatic carbocycles. The van der Waals surface area contributed by atoms with Crippen LogP contribution in [0.1, 0.15) is 49.9 Å². The molecule has 1 aromatic rings. The third-order valence-corrected chi connectivity index (χ3v) is 3.88. The second kappa shape index (κ2) is 6.41. The van der Waals surface area contributed by atoms with Crippen LogP contribution >= 0.6 is 0 Å². The minimum Gasteiger partial charge on any atom is -0.396 e. The second-order valence-corrected chi connectivity index (χ2v) is 6.15. The Morgan fingerprint density at radius 3 is 2.52 bits per heavy atom. The van der Waals surface area contributed by atoms with Gasteiger partial charge in [-0.1, -0.05) is 26.7 Å². The predicted molar refractivity (Wildman–Crippen MR) is 78.9 cm³/mol. The monoisotopic (exact) mass is 296 g/mol. The Hall–Kier alpha value is -1.65. The maximum atomic E-state index is 14.1. The van der Waals surface area contributed by atoms with Crippen LogP contribution in [-0.2, 0) is 0 Å². The smallest absolute Gasteiger partial charge is 0.257 e. The van der Waals surface area contributed by atoms with Crippen molar-refractivity contribution >= 4 is 11.6 Å². The molecule has 0 spiro atoms. The van der Waals surface area contributed by atoms with Gasteiger partial charge >= 0.3 is 0 Å². The minimum absolute atomic E-state index is 0.115. The highest BCUT2D eigenvalue weighted by molar-refractivity contribution is 5.95. The highest BCUT2D eigenvalue weighted by Crippen LogP contribution is 2.27. The molecule has 0 heterocycles. The van der Waals surface area contributed by atoms with Crippen molar-refractivity contribution in [1.82, 2.24) is 4.90 Å². The molecule has 116 valence electrons. The molecule has 3 nitrogen and oxygen atoms in total. The standard InChI is InChI=1S/C16H22F2N2O/c1-10(2)9-20(12-5-3-4-6-12)16(21)13-7-11(17)8-14(19)15(13)18/h7-8,10,12H,3-6,9,19H2,1-2H3. The number of hydrogen-bond donors (Lipinski definition) is 1. The molecule has 2 N–H and O–H groups in total. The Labute approximate surface area is 124 Å². The number of amides is 1. The van der Waals surface area contributed by atoms with Crippen molar-refractivity contribution in [2.45, 2.75) is 45.6 Å².